The van der Waals surface area contributed by atoms with Crippen LogP contribution in [0.3, 0.4) is 0 Å². The SMILES string of the molecule is Cc1cc2c(N3CCCc4cc(-c5cnn(C)c5)c(C(F)F)cc43)nc(N3CCC4(COC4)C3)cc2n(C)c1=O. The average Bonchev–Trinajstić information content (AvgIpc) is 3.58. The molecule has 0 N–H and O–H groups in total. The summed E-state index contributed by atoms with van der Waals surface area (Å²) in [7, 11) is 3.57. The average molecular weight is 547 g/mol. The van der Waals surface area contributed by atoms with Gasteiger partial charge in [0.2, 0.25) is 0 Å². The summed E-state index contributed by atoms with van der Waals surface area (Å²) in [4.78, 5) is 22.5. The minimum absolute atomic E-state index is 0.0193. The summed E-state index contributed by atoms with van der Waals surface area (Å²) in [5.41, 5.74) is 4.44. The zero-order valence-corrected chi connectivity index (χ0v) is 23.0. The molecule has 10 heteroatoms. The first-order chi connectivity index (χ1) is 19.2. The van der Waals surface area contributed by atoms with Gasteiger partial charge in [0.05, 0.1) is 24.9 Å². The first kappa shape index (κ1) is 25.2. The number of pyridine rings is 2. The van der Waals surface area contributed by atoms with E-state index in [2.05, 4.69) is 14.9 Å². The van der Waals surface area contributed by atoms with E-state index in [1.807, 2.05) is 18.2 Å². The highest BCUT2D eigenvalue weighted by atomic mass is 19.3. The molecule has 0 atom stereocenters. The molecule has 7 rings (SSSR count). The van der Waals surface area contributed by atoms with Crippen LogP contribution in [-0.4, -0.2) is 52.2 Å². The van der Waals surface area contributed by atoms with E-state index in [-0.39, 0.29) is 16.5 Å². The van der Waals surface area contributed by atoms with Crippen LogP contribution >= 0.6 is 0 Å². The number of halogens is 2. The van der Waals surface area contributed by atoms with Crippen LogP contribution in [0.25, 0.3) is 22.0 Å². The fourth-order valence-corrected chi connectivity index (χ4v) is 6.57. The third-order valence-corrected chi connectivity index (χ3v) is 8.82. The van der Waals surface area contributed by atoms with Gasteiger partial charge in [-0.2, -0.15) is 5.10 Å². The Balaban J connectivity index is 1.41. The van der Waals surface area contributed by atoms with Crippen molar-refractivity contribution in [1.29, 1.82) is 0 Å². The molecule has 1 aromatic carbocycles. The van der Waals surface area contributed by atoms with Crippen molar-refractivity contribution in [3.8, 4) is 11.1 Å². The van der Waals surface area contributed by atoms with Crippen LogP contribution in [0.15, 0.2) is 41.5 Å². The van der Waals surface area contributed by atoms with Gasteiger partial charge < -0.3 is 19.1 Å². The van der Waals surface area contributed by atoms with Crippen molar-refractivity contribution in [2.24, 2.45) is 19.5 Å². The molecular weight excluding hydrogens is 514 g/mol. The normalized spacial score (nSPS) is 18.1. The molecule has 0 aliphatic carbocycles. The number of aryl methyl sites for hydroxylation is 4. The maximum absolute atomic E-state index is 14.5. The lowest BCUT2D eigenvalue weighted by molar-refractivity contribution is -0.0985. The zero-order chi connectivity index (χ0) is 27.8. The largest absolute Gasteiger partial charge is 0.380 e. The number of ether oxygens (including phenoxy) is 1. The predicted molar refractivity (Wildman–Crippen MR) is 151 cm³/mol. The quantitative estimate of drug-likeness (QED) is 0.363. The lowest BCUT2D eigenvalue weighted by Crippen LogP contribution is -2.44. The van der Waals surface area contributed by atoms with E-state index in [0.717, 1.165) is 73.5 Å². The molecule has 3 aromatic heterocycles. The Bertz CT molecular complexity index is 1710. The number of hydrogen-bond donors (Lipinski definition) is 0. The molecule has 4 aromatic rings. The Kier molecular flexibility index (Phi) is 5.75. The number of nitrogens with zero attached hydrogens (tertiary/aromatic N) is 6. The number of fused-ring (bicyclic) bond motifs is 2. The molecule has 0 saturated carbocycles. The number of hydrogen-bond acceptors (Lipinski definition) is 6. The standard InChI is InChI=1S/C30H32F2N6O2/c1-18-9-23-25(36(3)29(18)39)12-26(37-8-6-30(15-37)16-40-17-30)34-28(23)38-7-4-5-19-10-21(20-13-33-35(2)14-20)22(27(31)32)11-24(19)38/h9-14,27H,4-8,15-17H2,1-3H3. The van der Waals surface area contributed by atoms with E-state index in [1.54, 1.807) is 48.7 Å². The van der Waals surface area contributed by atoms with E-state index in [1.165, 1.54) is 0 Å². The monoisotopic (exact) mass is 546 g/mol. The van der Waals surface area contributed by atoms with Gasteiger partial charge in [0.15, 0.2) is 0 Å². The van der Waals surface area contributed by atoms with Crippen LogP contribution in [0, 0.1) is 12.3 Å². The first-order valence-electron chi connectivity index (χ1n) is 13.8. The van der Waals surface area contributed by atoms with Crippen LogP contribution < -0.4 is 15.4 Å². The van der Waals surface area contributed by atoms with E-state index < -0.39 is 6.43 Å². The number of alkyl halides is 2. The molecule has 0 unspecified atom stereocenters. The minimum atomic E-state index is -2.64. The number of rotatable bonds is 4. The van der Waals surface area contributed by atoms with Gasteiger partial charge in [-0.25, -0.2) is 13.8 Å². The summed E-state index contributed by atoms with van der Waals surface area (Å²) < 4.78 is 37.8. The van der Waals surface area contributed by atoms with Gasteiger partial charge in [-0.15, -0.1) is 0 Å². The van der Waals surface area contributed by atoms with Crippen LogP contribution in [0.2, 0.25) is 0 Å². The predicted octanol–water partition coefficient (Wildman–Crippen LogP) is 4.89. The third kappa shape index (κ3) is 3.91. The van der Waals surface area contributed by atoms with Crippen molar-refractivity contribution < 1.29 is 13.5 Å². The van der Waals surface area contributed by atoms with Gasteiger partial charge in [-0.1, -0.05) is 0 Å². The fraction of sp³-hybridized carbons (Fsp3) is 0.433. The highest BCUT2D eigenvalue weighted by molar-refractivity contribution is 5.95. The Morgan fingerprint density at radius 2 is 1.93 bits per heavy atom. The first-order valence-corrected chi connectivity index (χ1v) is 13.8. The lowest BCUT2D eigenvalue weighted by Gasteiger charge is -2.38. The van der Waals surface area contributed by atoms with Crippen molar-refractivity contribution in [3.63, 3.8) is 0 Å². The summed E-state index contributed by atoms with van der Waals surface area (Å²) in [6.45, 7) is 5.69. The van der Waals surface area contributed by atoms with Crippen LogP contribution in [0.1, 0.15) is 36.0 Å². The molecule has 1 spiro atoms. The molecule has 3 aliphatic heterocycles. The topological polar surface area (TPSA) is 68.4 Å². The van der Waals surface area contributed by atoms with Crippen molar-refractivity contribution in [3.05, 3.63) is 63.7 Å². The smallest absolute Gasteiger partial charge is 0.264 e. The number of anilines is 3. The highest BCUT2D eigenvalue weighted by Gasteiger charge is 2.45. The van der Waals surface area contributed by atoms with Gasteiger partial charge in [-0.3, -0.25) is 9.48 Å². The second-order valence-electron chi connectivity index (χ2n) is 11.6. The molecule has 0 radical (unpaired) electrons. The van der Waals surface area contributed by atoms with Crippen LogP contribution in [-0.2, 0) is 25.3 Å². The molecule has 2 fully saturated rings. The van der Waals surface area contributed by atoms with Gasteiger partial charge >= 0.3 is 0 Å². The second-order valence-corrected chi connectivity index (χ2v) is 11.6. The van der Waals surface area contributed by atoms with Gasteiger partial charge in [0, 0.05) is 79.2 Å². The minimum Gasteiger partial charge on any atom is -0.380 e. The summed E-state index contributed by atoms with van der Waals surface area (Å²) in [5, 5.41) is 5.04. The number of benzene rings is 1. The maximum atomic E-state index is 14.5. The summed E-state index contributed by atoms with van der Waals surface area (Å²) in [6.07, 6.45) is 3.44. The molecule has 3 aliphatic rings. The Morgan fingerprint density at radius 3 is 2.60 bits per heavy atom. The van der Waals surface area contributed by atoms with E-state index in [4.69, 9.17) is 9.72 Å². The fourth-order valence-electron chi connectivity index (χ4n) is 6.57. The maximum Gasteiger partial charge on any atom is 0.264 e. The Morgan fingerprint density at radius 1 is 1.10 bits per heavy atom. The third-order valence-electron chi connectivity index (χ3n) is 8.82. The lowest BCUT2D eigenvalue weighted by atomic mass is 9.85. The molecule has 40 heavy (non-hydrogen) atoms. The summed E-state index contributed by atoms with van der Waals surface area (Å²) in [5.74, 6) is 1.51. The molecule has 8 nitrogen and oxygen atoms in total. The van der Waals surface area contributed by atoms with Crippen molar-refractivity contribution in [1.82, 2.24) is 19.3 Å². The Labute approximate surface area is 230 Å². The van der Waals surface area contributed by atoms with Gasteiger partial charge in [0.1, 0.15) is 11.6 Å². The highest BCUT2D eigenvalue weighted by Crippen LogP contribution is 2.44. The zero-order valence-electron chi connectivity index (χ0n) is 23.0. The van der Waals surface area contributed by atoms with Crippen LogP contribution in [0.4, 0.5) is 26.1 Å². The van der Waals surface area contributed by atoms with E-state index >= 15 is 0 Å². The second kappa shape index (κ2) is 9.12. The van der Waals surface area contributed by atoms with Crippen LogP contribution in [0.5, 0.6) is 0 Å². The molecule has 0 bridgehead atoms. The van der Waals surface area contributed by atoms with Crippen molar-refractivity contribution in [2.45, 2.75) is 32.6 Å². The molecule has 208 valence electrons. The van der Waals surface area contributed by atoms with Crippen molar-refractivity contribution in [2.75, 3.05) is 42.6 Å². The van der Waals surface area contributed by atoms with E-state index in [0.29, 0.717) is 29.1 Å². The molecule has 6 heterocycles. The Hall–Kier alpha value is -3.79. The molecule has 2 saturated heterocycles. The summed E-state index contributed by atoms with van der Waals surface area (Å²) in [6, 6.07) is 7.42. The van der Waals surface area contributed by atoms with E-state index in [9.17, 15) is 13.6 Å². The summed E-state index contributed by atoms with van der Waals surface area (Å²) >= 11 is 0. The molecular formula is C30H32F2N6O2. The molecule has 0 amide bonds. The van der Waals surface area contributed by atoms with Gasteiger partial charge in [0.25, 0.3) is 12.0 Å². The van der Waals surface area contributed by atoms with Crippen molar-refractivity contribution >= 4 is 28.2 Å². The number of aromatic nitrogens is 4. The van der Waals surface area contributed by atoms with Gasteiger partial charge in [-0.05, 0) is 55.5 Å².